The summed E-state index contributed by atoms with van der Waals surface area (Å²) in [6, 6.07) is 6.53. The summed E-state index contributed by atoms with van der Waals surface area (Å²) in [6.45, 7) is 3.56. The van der Waals surface area contributed by atoms with Crippen molar-refractivity contribution in [2.45, 2.75) is 19.9 Å². The summed E-state index contributed by atoms with van der Waals surface area (Å²) < 4.78 is 5.21. The smallest absolute Gasteiger partial charge is 0.243 e. The van der Waals surface area contributed by atoms with Gasteiger partial charge in [0.1, 0.15) is 0 Å². The van der Waals surface area contributed by atoms with Gasteiger partial charge in [-0.05, 0) is 18.1 Å². The molecule has 122 valence electrons. The Morgan fingerprint density at radius 3 is 2.78 bits per heavy atom. The average molecular weight is 316 g/mol. The Balaban J connectivity index is 1.91. The van der Waals surface area contributed by atoms with Crippen molar-refractivity contribution < 1.29 is 14.0 Å². The number of carbonyl (C=O) groups excluding carboxylic acids is 2. The monoisotopic (exact) mass is 316 g/mol. The van der Waals surface area contributed by atoms with E-state index in [2.05, 4.69) is 15.6 Å². The number of oxazole rings is 1. The van der Waals surface area contributed by atoms with Gasteiger partial charge in [-0.1, -0.05) is 26.0 Å². The fourth-order valence-corrected chi connectivity index (χ4v) is 1.90. The summed E-state index contributed by atoms with van der Waals surface area (Å²) in [5, 5.41) is 5.23. The van der Waals surface area contributed by atoms with Gasteiger partial charge in [0.25, 0.3) is 0 Å². The Labute approximate surface area is 134 Å². The SMILES string of the molecule is CC(C)[C@H](N)C(=O)NCC(=O)Nc1cccc(-c2cnco2)c1. The van der Waals surface area contributed by atoms with Gasteiger partial charge in [0, 0.05) is 11.3 Å². The molecular formula is C16H20N4O3. The Bertz CT molecular complexity index is 668. The summed E-state index contributed by atoms with van der Waals surface area (Å²) in [4.78, 5) is 27.5. The van der Waals surface area contributed by atoms with Crippen LogP contribution in [0.15, 0.2) is 41.3 Å². The van der Waals surface area contributed by atoms with Crippen LogP contribution in [0.4, 0.5) is 5.69 Å². The average Bonchev–Trinajstić information content (AvgIpc) is 3.06. The lowest BCUT2D eigenvalue weighted by molar-refractivity contribution is -0.125. The molecule has 7 nitrogen and oxygen atoms in total. The largest absolute Gasteiger partial charge is 0.444 e. The van der Waals surface area contributed by atoms with Crippen molar-refractivity contribution >= 4 is 17.5 Å². The van der Waals surface area contributed by atoms with E-state index in [-0.39, 0.29) is 24.3 Å². The van der Waals surface area contributed by atoms with Gasteiger partial charge in [0.05, 0.1) is 18.8 Å². The van der Waals surface area contributed by atoms with Gasteiger partial charge in [-0.25, -0.2) is 4.98 Å². The maximum Gasteiger partial charge on any atom is 0.243 e. The first-order valence-electron chi connectivity index (χ1n) is 7.29. The predicted octanol–water partition coefficient (Wildman–Crippen LogP) is 1.38. The van der Waals surface area contributed by atoms with Crippen molar-refractivity contribution in [1.29, 1.82) is 0 Å². The van der Waals surface area contributed by atoms with Crippen LogP contribution in [0.25, 0.3) is 11.3 Å². The lowest BCUT2D eigenvalue weighted by Gasteiger charge is -2.15. The van der Waals surface area contributed by atoms with Crippen molar-refractivity contribution in [2.75, 3.05) is 11.9 Å². The van der Waals surface area contributed by atoms with Crippen LogP contribution in [0.2, 0.25) is 0 Å². The van der Waals surface area contributed by atoms with Crippen molar-refractivity contribution in [3.05, 3.63) is 36.9 Å². The standard InChI is InChI=1S/C16H20N4O3/c1-10(2)15(17)16(22)19-8-14(21)20-12-5-3-4-11(6-12)13-7-18-9-23-13/h3-7,9-10,15H,8,17H2,1-2H3,(H,19,22)(H,20,21)/t15-/m0/s1. The van der Waals surface area contributed by atoms with Gasteiger partial charge in [-0.15, -0.1) is 0 Å². The minimum absolute atomic E-state index is 0.0108. The van der Waals surface area contributed by atoms with Gasteiger partial charge in [-0.3, -0.25) is 9.59 Å². The summed E-state index contributed by atoms with van der Waals surface area (Å²) in [5.41, 5.74) is 7.11. The molecule has 0 fully saturated rings. The molecule has 1 aromatic heterocycles. The highest BCUT2D eigenvalue weighted by atomic mass is 16.3. The van der Waals surface area contributed by atoms with Crippen molar-refractivity contribution in [2.24, 2.45) is 11.7 Å². The second-order valence-electron chi connectivity index (χ2n) is 5.48. The quantitative estimate of drug-likeness (QED) is 0.745. The minimum atomic E-state index is -0.627. The summed E-state index contributed by atoms with van der Waals surface area (Å²) >= 11 is 0. The molecule has 0 radical (unpaired) electrons. The summed E-state index contributed by atoms with van der Waals surface area (Å²) in [6.07, 6.45) is 2.93. The molecule has 7 heteroatoms. The second-order valence-corrected chi connectivity index (χ2v) is 5.48. The van der Waals surface area contributed by atoms with Gasteiger partial charge < -0.3 is 20.8 Å². The molecule has 0 saturated carbocycles. The number of hydrogen-bond acceptors (Lipinski definition) is 5. The minimum Gasteiger partial charge on any atom is -0.444 e. The molecule has 1 atom stereocenters. The first kappa shape index (κ1) is 16.7. The lowest BCUT2D eigenvalue weighted by Crippen LogP contribution is -2.46. The topological polar surface area (TPSA) is 110 Å². The van der Waals surface area contributed by atoms with E-state index in [1.807, 2.05) is 19.9 Å². The number of nitrogens with two attached hydrogens (primary N) is 1. The molecule has 0 bridgehead atoms. The third kappa shape index (κ3) is 4.65. The molecule has 2 aromatic rings. The highest BCUT2D eigenvalue weighted by Gasteiger charge is 2.17. The van der Waals surface area contributed by atoms with E-state index in [1.165, 1.54) is 6.39 Å². The molecule has 0 aliphatic carbocycles. The maximum absolute atomic E-state index is 11.9. The Morgan fingerprint density at radius 2 is 2.13 bits per heavy atom. The molecule has 1 aromatic carbocycles. The second kappa shape index (κ2) is 7.55. The number of nitrogens with zero attached hydrogens (tertiary/aromatic N) is 1. The van der Waals surface area contributed by atoms with Gasteiger partial charge in [0.15, 0.2) is 12.2 Å². The maximum atomic E-state index is 11.9. The van der Waals surface area contributed by atoms with Gasteiger partial charge >= 0.3 is 0 Å². The van der Waals surface area contributed by atoms with Crippen molar-refractivity contribution in [3.63, 3.8) is 0 Å². The number of aromatic nitrogens is 1. The lowest BCUT2D eigenvalue weighted by atomic mass is 10.1. The molecule has 0 spiro atoms. The molecular weight excluding hydrogens is 296 g/mol. The first-order valence-corrected chi connectivity index (χ1v) is 7.29. The number of amides is 2. The van der Waals surface area contributed by atoms with Gasteiger partial charge in [0.2, 0.25) is 11.8 Å². The first-order chi connectivity index (χ1) is 11.0. The number of hydrogen-bond donors (Lipinski definition) is 3. The third-order valence-electron chi connectivity index (χ3n) is 3.31. The number of benzene rings is 1. The number of anilines is 1. The predicted molar refractivity (Wildman–Crippen MR) is 86.4 cm³/mol. The highest BCUT2D eigenvalue weighted by molar-refractivity contribution is 5.95. The fraction of sp³-hybridized carbons (Fsp3) is 0.312. The van der Waals surface area contributed by atoms with E-state index in [1.54, 1.807) is 24.4 Å². The van der Waals surface area contributed by atoms with E-state index in [0.717, 1.165) is 5.56 Å². The van der Waals surface area contributed by atoms with Crippen LogP contribution in [0.5, 0.6) is 0 Å². The van der Waals surface area contributed by atoms with Crippen LogP contribution in [-0.2, 0) is 9.59 Å². The molecule has 2 rings (SSSR count). The van der Waals surface area contributed by atoms with Crippen LogP contribution in [-0.4, -0.2) is 29.4 Å². The van der Waals surface area contributed by atoms with Crippen LogP contribution in [0.3, 0.4) is 0 Å². The third-order valence-corrected chi connectivity index (χ3v) is 3.31. The molecule has 0 unspecified atom stereocenters. The van der Waals surface area contributed by atoms with E-state index in [4.69, 9.17) is 10.2 Å². The van der Waals surface area contributed by atoms with Crippen LogP contribution < -0.4 is 16.4 Å². The van der Waals surface area contributed by atoms with Crippen LogP contribution in [0, 0.1) is 5.92 Å². The Kier molecular flexibility index (Phi) is 5.48. The highest BCUT2D eigenvalue weighted by Crippen LogP contribution is 2.21. The zero-order valence-corrected chi connectivity index (χ0v) is 13.1. The van der Waals surface area contributed by atoms with E-state index in [9.17, 15) is 9.59 Å². The van der Waals surface area contributed by atoms with Crippen molar-refractivity contribution in [3.8, 4) is 11.3 Å². The molecule has 0 saturated heterocycles. The summed E-state index contributed by atoms with van der Waals surface area (Å²) in [7, 11) is 0. The van der Waals surface area contributed by atoms with Gasteiger partial charge in [-0.2, -0.15) is 0 Å². The Hall–Kier alpha value is -2.67. The van der Waals surface area contributed by atoms with Crippen molar-refractivity contribution in [1.82, 2.24) is 10.3 Å². The number of nitrogens with one attached hydrogen (secondary N) is 2. The van der Waals surface area contributed by atoms with E-state index >= 15 is 0 Å². The van der Waals surface area contributed by atoms with Crippen LogP contribution >= 0.6 is 0 Å². The zero-order valence-electron chi connectivity index (χ0n) is 13.1. The Morgan fingerprint density at radius 1 is 1.35 bits per heavy atom. The molecule has 0 aliphatic heterocycles. The molecule has 2 amide bonds. The molecule has 0 aliphatic rings. The molecule has 23 heavy (non-hydrogen) atoms. The number of rotatable bonds is 6. The molecule has 4 N–H and O–H groups in total. The van der Waals surface area contributed by atoms with E-state index < -0.39 is 6.04 Å². The van der Waals surface area contributed by atoms with Crippen LogP contribution in [0.1, 0.15) is 13.8 Å². The normalized spacial score (nSPS) is 12.0. The zero-order chi connectivity index (χ0) is 16.8. The van der Waals surface area contributed by atoms with E-state index in [0.29, 0.717) is 11.4 Å². The molecule has 1 heterocycles. The fourth-order valence-electron chi connectivity index (χ4n) is 1.90. The number of carbonyl (C=O) groups is 2. The summed E-state index contributed by atoms with van der Waals surface area (Å²) in [5.74, 6) is -0.0523.